The van der Waals surface area contributed by atoms with Gasteiger partial charge < -0.3 is 52.1 Å². The van der Waals surface area contributed by atoms with E-state index in [0.29, 0.717) is 64.5 Å². The van der Waals surface area contributed by atoms with Crippen LogP contribution >= 0.6 is 0 Å². The third-order valence-corrected chi connectivity index (χ3v) is 7.90. The van der Waals surface area contributed by atoms with E-state index in [1.807, 2.05) is 52.0 Å². The second kappa shape index (κ2) is 27.1. The van der Waals surface area contributed by atoms with Crippen LogP contribution in [0.15, 0.2) is 48.5 Å². The molecule has 0 aliphatic heterocycles. The fourth-order valence-electron chi connectivity index (χ4n) is 5.16. The highest BCUT2D eigenvalue weighted by Crippen LogP contribution is 2.38. The first kappa shape index (κ1) is 53.2. The molecular weight excluding hydrogens is 766 g/mol. The summed E-state index contributed by atoms with van der Waals surface area (Å²) in [6.45, 7) is 24.3. The van der Waals surface area contributed by atoms with Gasteiger partial charge in [0.2, 0.25) is 0 Å². The predicted octanol–water partition coefficient (Wildman–Crippen LogP) is 7.93. The minimum absolute atomic E-state index is 0.181. The number of rotatable bonds is 23. The summed E-state index contributed by atoms with van der Waals surface area (Å²) in [5.74, 6) is 0.371. The van der Waals surface area contributed by atoms with Gasteiger partial charge in [0.05, 0.1) is 33.0 Å². The zero-order valence-electron chi connectivity index (χ0n) is 37.8. The Bertz CT molecular complexity index is 1380. The molecule has 2 rings (SSSR count). The van der Waals surface area contributed by atoms with Crippen molar-refractivity contribution in [3.63, 3.8) is 0 Å². The lowest BCUT2D eigenvalue weighted by Gasteiger charge is -2.32. The lowest BCUT2D eigenvalue weighted by Crippen LogP contribution is -2.34. The zero-order valence-corrected chi connectivity index (χ0v) is 37.8. The molecule has 0 saturated carbocycles. The smallest absolute Gasteiger partial charge is 0.460 e. The van der Waals surface area contributed by atoms with Crippen molar-refractivity contribution in [1.82, 2.24) is 4.90 Å². The van der Waals surface area contributed by atoms with Crippen molar-refractivity contribution < 1.29 is 66.5 Å². The topological polar surface area (TPSA) is 156 Å². The summed E-state index contributed by atoms with van der Waals surface area (Å²) in [5.41, 5.74) is -0.764. The van der Waals surface area contributed by atoms with Crippen molar-refractivity contribution in [3.05, 3.63) is 59.7 Å². The van der Waals surface area contributed by atoms with Crippen LogP contribution in [0, 0.1) is 0 Å². The molecule has 0 amide bonds. The molecule has 0 saturated heterocycles. The second-order valence-electron chi connectivity index (χ2n) is 16.7. The Hall–Kier alpha value is -3.83. The Morgan fingerprint density at radius 3 is 1.24 bits per heavy atom. The fourth-order valence-corrected chi connectivity index (χ4v) is 5.16. The number of carbonyl (C=O) groups excluding carboxylic acids is 3. The number of nitrogens with zero attached hydrogens (tertiary/aromatic N) is 1. The quantitative estimate of drug-likeness (QED) is 0.0349. The van der Waals surface area contributed by atoms with E-state index in [1.54, 1.807) is 87.1 Å². The standard InChI is InChI=1S/C31H42O8.C13H29NO6/c1-28(2,3)37-25(32)19-20-31(10,21-11-15-23(16-12-21)35-26(33)38-29(4,5)6)22-13-17-24(18-14-22)36-27(34)39-30(7,8)9;1-15-10-11-18-7-4-14(5-8-19-12-16-2)6-9-20-13-17-3/h11-18H,19-20H2,1-10H3;4-13H2,1-3H3. The molecule has 2 aromatic rings. The van der Waals surface area contributed by atoms with E-state index in [-0.39, 0.29) is 12.4 Å². The van der Waals surface area contributed by atoms with Crippen molar-refractivity contribution >= 4 is 18.3 Å². The summed E-state index contributed by atoms with van der Waals surface area (Å²) in [6, 6.07) is 14.1. The highest BCUT2D eigenvalue weighted by Gasteiger charge is 2.31. The van der Waals surface area contributed by atoms with Crippen molar-refractivity contribution in [3.8, 4) is 11.5 Å². The second-order valence-corrected chi connectivity index (χ2v) is 16.7. The third kappa shape index (κ3) is 25.4. The molecule has 0 spiro atoms. The normalized spacial score (nSPS) is 12.0. The van der Waals surface area contributed by atoms with Crippen molar-refractivity contribution in [2.24, 2.45) is 0 Å². The lowest BCUT2D eigenvalue weighted by atomic mass is 9.73. The number of benzene rings is 2. The van der Waals surface area contributed by atoms with Gasteiger partial charge in [-0.2, -0.15) is 0 Å². The first-order valence-corrected chi connectivity index (χ1v) is 19.8. The maximum Gasteiger partial charge on any atom is 0.514 e. The Morgan fingerprint density at radius 1 is 0.492 bits per heavy atom. The van der Waals surface area contributed by atoms with E-state index in [0.717, 1.165) is 30.8 Å². The van der Waals surface area contributed by atoms with E-state index in [4.69, 9.17) is 52.1 Å². The van der Waals surface area contributed by atoms with Crippen LogP contribution in [0.1, 0.15) is 93.2 Å². The number of methoxy groups -OCH3 is 3. The highest BCUT2D eigenvalue weighted by atomic mass is 16.7. The molecule has 0 bridgehead atoms. The van der Waals surface area contributed by atoms with Gasteiger partial charge in [-0.1, -0.05) is 31.2 Å². The van der Waals surface area contributed by atoms with Crippen LogP contribution in [0.4, 0.5) is 9.59 Å². The van der Waals surface area contributed by atoms with Gasteiger partial charge in [-0.25, -0.2) is 9.59 Å². The molecule has 0 aliphatic rings. The molecule has 0 unspecified atom stereocenters. The summed E-state index contributed by atoms with van der Waals surface area (Å²) in [4.78, 5) is 38.9. The predicted molar refractivity (Wildman–Crippen MR) is 223 cm³/mol. The molecule has 0 atom stereocenters. The fraction of sp³-hybridized carbons (Fsp3) is 0.659. The highest BCUT2D eigenvalue weighted by molar-refractivity contribution is 5.70. The molecule has 0 aliphatic carbocycles. The minimum Gasteiger partial charge on any atom is -0.460 e. The van der Waals surface area contributed by atoms with Crippen LogP contribution in [0.2, 0.25) is 0 Å². The van der Waals surface area contributed by atoms with Gasteiger partial charge in [-0.05, 0) is 104 Å². The number of esters is 1. The molecule has 2 aromatic carbocycles. The molecule has 59 heavy (non-hydrogen) atoms. The van der Waals surface area contributed by atoms with Crippen molar-refractivity contribution in [2.45, 2.75) is 104 Å². The van der Waals surface area contributed by atoms with Crippen LogP contribution in [0.5, 0.6) is 11.5 Å². The monoisotopic (exact) mass is 837 g/mol. The van der Waals surface area contributed by atoms with Gasteiger partial charge in [0.15, 0.2) is 0 Å². The summed E-state index contributed by atoms with van der Waals surface area (Å²) in [6.07, 6.45) is -0.951. The Balaban J connectivity index is 0.000000734. The van der Waals surface area contributed by atoms with E-state index in [2.05, 4.69) is 4.90 Å². The molecule has 0 N–H and O–H groups in total. The maximum atomic E-state index is 12.6. The van der Waals surface area contributed by atoms with E-state index in [1.165, 1.54) is 0 Å². The van der Waals surface area contributed by atoms with E-state index in [9.17, 15) is 14.4 Å². The van der Waals surface area contributed by atoms with Gasteiger partial charge in [0.25, 0.3) is 0 Å². The van der Waals surface area contributed by atoms with Crippen LogP contribution < -0.4 is 9.47 Å². The largest absolute Gasteiger partial charge is 0.514 e. The maximum absolute atomic E-state index is 12.6. The van der Waals surface area contributed by atoms with Gasteiger partial charge in [-0.15, -0.1) is 0 Å². The molecule has 336 valence electrons. The summed E-state index contributed by atoms with van der Waals surface area (Å²) < 4.78 is 57.2. The van der Waals surface area contributed by atoms with E-state index >= 15 is 0 Å². The summed E-state index contributed by atoms with van der Waals surface area (Å²) in [5, 5.41) is 0. The van der Waals surface area contributed by atoms with Gasteiger partial charge in [0, 0.05) is 52.8 Å². The van der Waals surface area contributed by atoms with Crippen molar-refractivity contribution in [2.75, 3.05) is 87.6 Å². The molecular formula is C44H71NO14. The van der Waals surface area contributed by atoms with Crippen LogP contribution in [-0.2, 0) is 52.8 Å². The Morgan fingerprint density at radius 2 is 0.881 bits per heavy atom. The van der Waals surface area contributed by atoms with E-state index < -0.39 is 34.5 Å². The Labute approximate surface area is 352 Å². The molecule has 15 nitrogen and oxygen atoms in total. The van der Waals surface area contributed by atoms with Gasteiger partial charge in [0.1, 0.15) is 41.9 Å². The van der Waals surface area contributed by atoms with Gasteiger partial charge in [-0.3, -0.25) is 9.69 Å². The Kier molecular flexibility index (Phi) is 24.4. The number of hydrogen-bond acceptors (Lipinski definition) is 15. The first-order chi connectivity index (χ1) is 27.6. The summed E-state index contributed by atoms with van der Waals surface area (Å²) >= 11 is 0. The molecule has 0 radical (unpaired) electrons. The number of ether oxygens (including phenoxy) is 11. The molecule has 0 aromatic heterocycles. The average Bonchev–Trinajstić information content (AvgIpc) is 3.12. The average molecular weight is 838 g/mol. The molecule has 0 heterocycles. The molecule has 15 heteroatoms. The SMILES string of the molecule is CC(C)(C)OC(=O)CCC(C)(c1ccc(OC(=O)OC(C)(C)C)cc1)c1ccc(OC(=O)OC(C)(C)C)cc1.COCCOCCN(CCOCOC)CCOCOC. The lowest BCUT2D eigenvalue weighted by molar-refractivity contribution is -0.155. The van der Waals surface area contributed by atoms with Gasteiger partial charge >= 0.3 is 18.3 Å². The minimum atomic E-state index is -0.788. The number of carbonyl (C=O) groups is 3. The van der Waals surface area contributed by atoms with Crippen LogP contribution in [-0.4, -0.2) is 128 Å². The molecule has 0 fully saturated rings. The van der Waals surface area contributed by atoms with Crippen LogP contribution in [0.3, 0.4) is 0 Å². The number of hydrogen-bond donors (Lipinski definition) is 0. The van der Waals surface area contributed by atoms with Crippen LogP contribution in [0.25, 0.3) is 0 Å². The third-order valence-electron chi connectivity index (χ3n) is 7.90. The summed E-state index contributed by atoms with van der Waals surface area (Å²) in [7, 11) is 4.88. The zero-order chi connectivity index (χ0) is 44.5. The van der Waals surface area contributed by atoms with Crippen molar-refractivity contribution in [1.29, 1.82) is 0 Å². The first-order valence-electron chi connectivity index (χ1n) is 19.8.